The number of hydrogen-bond donors (Lipinski definition) is 2. The first-order chi connectivity index (χ1) is 13.1. The van der Waals surface area contributed by atoms with Gasteiger partial charge in [-0.3, -0.25) is 0 Å². The molecule has 0 amide bonds. The molecular weight excluding hydrogens is 344 g/mol. The van der Waals surface area contributed by atoms with E-state index in [1.807, 2.05) is 55.5 Å². The average molecular weight is 366 g/mol. The molecule has 27 heavy (non-hydrogen) atoms. The minimum absolute atomic E-state index is 0.538. The molecule has 140 valence electrons. The summed E-state index contributed by atoms with van der Waals surface area (Å²) in [4.78, 5) is 8.88. The molecule has 2 N–H and O–H groups in total. The molecule has 0 spiro atoms. The molecule has 0 fully saturated rings. The SMILES string of the molecule is COc1cc(Nc2cc(Nc3ccccc3)nc(C)n2)cc(OC)c1OC. The Hall–Kier alpha value is -3.48. The van der Waals surface area contributed by atoms with Crippen LogP contribution in [-0.2, 0) is 0 Å². The predicted octanol–water partition coefficient (Wildman–Crippen LogP) is 4.30. The second-order valence-corrected chi connectivity index (χ2v) is 5.72. The fourth-order valence-corrected chi connectivity index (χ4v) is 2.67. The summed E-state index contributed by atoms with van der Waals surface area (Å²) in [6.07, 6.45) is 0. The first kappa shape index (κ1) is 18.3. The molecule has 7 nitrogen and oxygen atoms in total. The molecule has 3 rings (SSSR count). The summed E-state index contributed by atoms with van der Waals surface area (Å²) in [5.74, 6) is 3.65. The summed E-state index contributed by atoms with van der Waals surface area (Å²) in [5, 5.41) is 6.54. The highest BCUT2D eigenvalue weighted by Crippen LogP contribution is 2.40. The van der Waals surface area contributed by atoms with Gasteiger partial charge in [0.1, 0.15) is 17.5 Å². The Morgan fingerprint density at radius 3 is 1.78 bits per heavy atom. The molecule has 0 aliphatic rings. The van der Waals surface area contributed by atoms with Gasteiger partial charge in [-0.25, -0.2) is 9.97 Å². The molecule has 1 aromatic heterocycles. The highest BCUT2D eigenvalue weighted by atomic mass is 16.5. The molecule has 0 unspecified atom stereocenters. The standard InChI is InChI=1S/C20H22N4O3/c1-13-21-18(23-14-8-6-5-7-9-14)12-19(22-13)24-15-10-16(25-2)20(27-4)17(11-15)26-3/h5-12H,1-4H3,(H2,21,22,23,24). The van der Waals surface area contributed by atoms with Crippen LogP contribution in [-0.4, -0.2) is 31.3 Å². The van der Waals surface area contributed by atoms with E-state index in [1.54, 1.807) is 21.3 Å². The van der Waals surface area contributed by atoms with Crippen LogP contribution in [0.2, 0.25) is 0 Å². The zero-order valence-electron chi connectivity index (χ0n) is 15.7. The van der Waals surface area contributed by atoms with Crippen LogP contribution >= 0.6 is 0 Å². The second kappa shape index (κ2) is 8.27. The lowest BCUT2D eigenvalue weighted by atomic mass is 10.2. The number of para-hydroxylation sites is 1. The molecule has 0 saturated heterocycles. The van der Waals surface area contributed by atoms with Gasteiger partial charge >= 0.3 is 0 Å². The van der Waals surface area contributed by atoms with Crippen LogP contribution in [0.5, 0.6) is 17.2 Å². The molecule has 0 aliphatic carbocycles. The monoisotopic (exact) mass is 366 g/mol. The fourth-order valence-electron chi connectivity index (χ4n) is 2.67. The van der Waals surface area contributed by atoms with Gasteiger partial charge in [0.2, 0.25) is 5.75 Å². The predicted molar refractivity (Wildman–Crippen MR) is 106 cm³/mol. The Labute approximate surface area is 158 Å². The summed E-state index contributed by atoms with van der Waals surface area (Å²) < 4.78 is 16.1. The van der Waals surface area contributed by atoms with Crippen molar-refractivity contribution in [1.29, 1.82) is 0 Å². The molecule has 0 saturated carbocycles. The maximum absolute atomic E-state index is 5.39. The summed E-state index contributed by atoms with van der Waals surface area (Å²) in [6.45, 7) is 1.84. The van der Waals surface area contributed by atoms with Gasteiger partial charge in [-0.2, -0.15) is 0 Å². The number of rotatable bonds is 7. The number of nitrogens with zero attached hydrogens (tertiary/aromatic N) is 2. The van der Waals surface area contributed by atoms with Gasteiger partial charge in [0, 0.05) is 29.6 Å². The Kier molecular flexibility index (Phi) is 5.61. The minimum atomic E-state index is 0.538. The number of ether oxygens (including phenoxy) is 3. The molecule has 7 heteroatoms. The third-order valence-electron chi connectivity index (χ3n) is 3.82. The van der Waals surface area contributed by atoms with Crippen LogP contribution in [0, 0.1) is 6.92 Å². The highest BCUT2D eigenvalue weighted by Gasteiger charge is 2.14. The van der Waals surface area contributed by atoms with E-state index in [9.17, 15) is 0 Å². The first-order valence-corrected chi connectivity index (χ1v) is 8.37. The molecule has 0 bridgehead atoms. The lowest BCUT2D eigenvalue weighted by Gasteiger charge is -2.15. The van der Waals surface area contributed by atoms with Crippen molar-refractivity contribution in [2.45, 2.75) is 6.92 Å². The maximum atomic E-state index is 5.39. The number of anilines is 4. The van der Waals surface area contributed by atoms with E-state index in [2.05, 4.69) is 20.6 Å². The van der Waals surface area contributed by atoms with Crippen LogP contribution < -0.4 is 24.8 Å². The largest absolute Gasteiger partial charge is 0.493 e. The Bertz CT molecular complexity index is 891. The normalized spacial score (nSPS) is 10.2. The first-order valence-electron chi connectivity index (χ1n) is 8.37. The highest BCUT2D eigenvalue weighted by molar-refractivity contribution is 5.68. The zero-order valence-corrected chi connectivity index (χ0v) is 15.7. The maximum Gasteiger partial charge on any atom is 0.203 e. The summed E-state index contributed by atoms with van der Waals surface area (Å²) in [7, 11) is 4.73. The van der Waals surface area contributed by atoms with Crippen molar-refractivity contribution in [2.75, 3.05) is 32.0 Å². The van der Waals surface area contributed by atoms with Crippen molar-refractivity contribution in [3.63, 3.8) is 0 Å². The number of methoxy groups -OCH3 is 3. The number of benzene rings is 2. The van der Waals surface area contributed by atoms with E-state index in [1.165, 1.54) is 0 Å². The van der Waals surface area contributed by atoms with Gasteiger partial charge in [0.05, 0.1) is 21.3 Å². The van der Waals surface area contributed by atoms with E-state index in [0.717, 1.165) is 11.4 Å². The summed E-state index contributed by atoms with van der Waals surface area (Å²) >= 11 is 0. The van der Waals surface area contributed by atoms with Crippen LogP contribution in [0.3, 0.4) is 0 Å². The lowest BCUT2D eigenvalue weighted by molar-refractivity contribution is 0.324. The molecule has 3 aromatic rings. The molecule has 0 aliphatic heterocycles. The smallest absolute Gasteiger partial charge is 0.203 e. The number of aromatic nitrogens is 2. The quantitative estimate of drug-likeness (QED) is 0.645. The van der Waals surface area contributed by atoms with Gasteiger partial charge < -0.3 is 24.8 Å². The molecule has 0 radical (unpaired) electrons. The third kappa shape index (κ3) is 4.38. The van der Waals surface area contributed by atoms with Crippen LogP contribution in [0.4, 0.5) is 23.0 Å². The van der Waals surface area contributed by atoms with Crippen molar-refractivity contribution in [1.82, 2.24) is 9.97 Å². The number of nitrogens with one attached hydrogen (secondary N) is 2. The van der Waals surface area contributed by atoms with Crippen molar-refractivity contribution in [3.8, 4) is 17.2 Å². The van der Waals surface area contributed by atoms with E-state index < -0.39 is 0 Å². The van der Waals surface area contributed by atoms with Crippen molar-refractivity contribution in [3.05, 3.63) is 54.4 Å². The number of aryl methyl sites for hydroxylation is 1. The van der Waals surface area contributed by atoms with Crippen LogP contribution in [0.1, 0.15) is 5.82 Å². The lowest BCUT2D eigenvalue weighted by Crippen LogP contribution is -2.02. The van der Waals surface area contributed by atoms with E-state index in [4.69, 9.17) is 14.2 Å². The van der Waals surface area contributed by atoms with Crippen molar-refractivity contribution >= 4 is 23.0 Å². The van der Waals surface area contributed by atoms with Gasteiger partial charge in [-0.1, -0.05) is 18.2 Å². The topological polar surface area (TPSA) is 77.5 Å². The van der Waals surface area contributed by atoms with Crippen molar-refractivity contribution in [2.24, 2.45) is 0 Å². The second-order valence-electron chi connectivity index (χ2n) is 5.72. The van der Waals surface area contributed by atoms with Crippen LogP contribution in [0.25, 0.3) is 0 Å². The molecular formula is C20H22N4O3. The summed E-state index contributed by atoms with van der Waals surface area (Å²) in [5.41, 5.74) is 1.71. The van der Waals surface area contributed by atoms with Crippen LogP contribution in [0.15, 0.2) is 48.5 Å². The molecule has 2 aromatic carbocycles. The van der Waals surface area contributed by atoms with Crippen molar-refractivity contribution < 1.29 is 14.2 Å². The van der Waals surface area contributed by atoms with E-state index in [0.29, 0.717) is 34.7 Å². The third-order valence-corrected chi connectivity index (χ3v) is 3.82. The Balaban J connectivity index is 1.89. The Morgan fingerprint density at radius 2 is 1.26 bits per heavy atom. The molecule has 0 atom stereocenters. The zero-order chi connectivity index (χ0) is 19.2. The number of hydrogen-bond acceptors (Lipinski definition) is 7. The minimum Gasteiger partial charge on any atom is -0.493 e. The average Bonchev–Trinajstić information content (AvgIpc) is 2.67. The van der Waals surface area contributed by atoms with Gasteiger partial charge in [-0.05, 0) is 19.1 Å². The van der Waals surface area contributed by atoms with E-state index >= 15 is 0 Å². The summed E-state index contributed by atoms with van der Waals surface area (Å²) in [6, 6.07) is 15.3. The van der Waals surface area contributed by atoms with Gasteiger partial charge in [0.25, 0.3) is 0 Å². The van der Waals surface area contributed by atoms with Gasteiger partial charge in [-0.15, -0.1) is 0 Å². The fraction of sp³-hybridized carbons (Fsp3) is 0.200. The molecule has 1 heterocycles. The van der Waals surface area contributed by atoms with Gasteiger partial charge in [0.15, 0.2) is 11.5 Å². The van der Waals surface area contributed by atoms with E-state index in [-0.39, 0.29) is 0 Å². The Morgan fingerprint density at radius 1 is 0.704 bits per heavy atom.